The second kappa shape index (κ2) is 4.98. The lowest BCUT2D eigenvalue weighted by atomic mass is 9.76. The van der Waals surface area contributed by atoms with Crippen LogP contribution in [0.4, 0.5) is 4.39 Å². The van der Waals surface area contributed by atoms with Gasteiger partial charge in [-0.05, 0) is 32.0 Å². The second-order valence-electron chi connectivity index (χ2n) is 6.48. The van der Waals surface area contributed by atoms with Crippen LogP contribution in [0.1, 0.15) is 18.4 Å². The first kappa shape index (κ1) is 14.1. The molecular formula is C17H19FN2O2. The summed E-state index contributed by atoms with van der Waals surface area (Å²) in [4.78, 5) is 6.42. The van der Waals surface area contributed by atoms with Gasteiger partial charge >= 0.3 is 0 Å². The Morgan fingerprint density at radius 2 is 2.05 bits per heavy atom. The van der Waals surface area contributed by atoms with Crippen molar-refractivity contribution in [2.75, 3.05) is 20.3 Å². The molecular weight excluding hydrogens is 283 g/mol. The number of fused-ring (bicyclic) bond motifs is 3. The second-order valence-corrected chi connectivity index (χ2v) is 6.48. The summed E-state index contributed by atoms with van der Waals surface area (Å²) in [6, 6.07) is 7.15. The highest BCUT2D eigenvalue weighted by Gasteiger charge is 2.46. The van der Waals surface area contributed by atoms with Crippen molar-refractivity contribution in [3.63, 3.8) is 0 Å². The summed E-state index contributed by atoms with van der Waals surface area (Å²) in [6.07, 6.45) is 2.62. The summed E-state index contributed by atoms with van der Waals surface area (Å²) in [7, 11) is 2.05. The molecule has 2 aliphatic rings. The fourth-order valence-corrected chi connectivity index (χ4v) is 3.81. The van der Waals surface area contributed by atoms with Gasteiger partial charge in [0.25, 0.3) is 0 Å². The third-order valence-electron chi connectivity index (χ3n) is 5.11. The Hall–Kier alpha value is -1.56. The van der Waals surface area contributed by atoms with E-state index in [1.165, 1.54) is 6.07 Å². The molecule has 2 aliphatic heterocycles. The first-order valence-electron chi connectivity index (χ1n) is 7.64. The van der Waals surface area contributed by atoms with Crippen LogP contribution >= 0.6 is 0 Å². The summed E-state index contributed by atoms with van der Waals surface area (Å²) in [5.74, 6) is -0.378. The van der Waals surface area contributed by atoms with Crippen LogP contribution in [0.25, 0.3) is 10.9 Å². The number of rotatable bonds is 1. The molecule has 3 heterocycles. The molecule has 4 rings (SSSR count). The maximum Gasteiger partial charge on any atom is 0.131 e. The summed E-state index contributed by atoms with van der Waals surface area (Å²) in [5, 5.41) is 12.0. The number of hydrogen-bond acceptors (Lipinski definition) is 4. The fourth-order valence-electron chi connectivity index (χ4n) is 3.81. The maximum absolute atomic E-state index is 14.6. The van der Waals surface area contributed by atoms with Crippen LogP contribution < -0.4 is 0 Å². The van der Waals surface area contributed by atoms with Gasteiger partial charge in [-0.15, -0.1) is 0 Å². The minimum atomic E-state index is -1.14. The minimum absolute atomic E-state index is 0.126. The van der Waals surface area contributed by atoms with E-state index >= 15 is 0 Å². The maximum atomic E-state index is 14.6. The molecule has 2 aromatic rings. The van der Waals surface area contributed by atoms with Gasteiger partial charge in [0.15, 0.2) is 0 Å². The van der Waals surface area contributed by atoms with Gasteiger partial charge in [0.2, 0.25) is 0 Å². The van der Waals surface area contributed by atoms with Crippen LogP contribution in [0.5, 0.6) is 0 Å². The molecule has 0 amide bonds. The lowest BCUT2D eigenvalue weighted by Crippen LogP contribution is -2.59. The molecule has 1 aromatic carbocycles. The topological polar surface area (TPSA) is 45.6 Å². The number of piperidine rings is 1. The van der Waals surface area contributed by atoms with Crippen molar-refractivity contribution in [1.82, 2.24) is 9.88 Å². The predicted molar refractivity (Wildman–Crippen MR) is 81.0 cm³/mol. The number of pyridine rings is 1. The third-order valence-corrected chi connectivity index (χ3v) is 5.11. The number of morpholine rings is 1. The van der Waals surface area contributed by atoms with E-state index in [2.05, 4.69) is 16.9 Å². The average molecular weight is 302 g/mol. The van der Waals surface area contributed by atoms with E-state index in [1.54, 1.807) is 12.3 Å². The average Bonchev–Trinajstić information content (AvgIpc) is 2.48. The Kier molecular flexibility index (Phi) is 3.18. The van der Waals surface area contributed by atoms with Crippen LogP contribution in [0.3, 0.4) is 0 Å². The molecule has 0 radical (unpaired) electrons. The van der Waals surface area contributed by atoms with Crippen molar-refractivity contribution in [1.29, 1.82) is 0 Å². The highest BCUT2D eigenvalue weighted by Crippen LogP contribution is 2.41. The molecule has 0 spiro atoms. The first-order valence-corrected chi connectivity index (χ1v) is 7.64. The zero-order valence-electron chi connectivity index (χ0n) is 12.5. The smallest absolute Gasteiger partial charge is 0.131 e. The Morgan fingerprint density at radius 1 is 1.32 bits per heavy atom. The van der Waals surface area contributed by atoms with Crippen LogP contribution in [-0.2, 0) is 10.3 Å². The van der Waals surface area contributed by atoms with Gasteiger partial charge in [0.05, 0.1) is 24.3 Å². The molecule has 2 atom stereocenters. The number of likely N-dealkylation sites (N-methyl/N-ethyl adjacent to an activating group) is 1. The fraction of sp³-hybridized carbons (Fsp3) is 0.471. The summed E-state index contributed by atoms with van der Waals surface area (Å²) in [5.41, 5.74) is -0.137. The zero-order chi connectivity index (χ0) is 15.3. The van der Waals surface area contributed by atoms with Gasteiger partial charge in [0.1, 0.15) is 5.82 Å². The monoisotopic (exact) mass is 302 g/mol. The minimum Gasteiger partial charge on any atom is -0.385 e. The Morgan fingerprint density at radius 3 is 2.77 bits per heavy atom. The van der Waals surface area contributed by atoms with Crippen molar-refractivity contribution < 1.29 is 14.2 Å². The number of nitrogens with zero attached hydrogens (tertiary/aromatic N) is 2. The van der Waals surface area contributed by atoms with Gasteiger partial charge in [0, 0.05) is 35.3 Å². The predicted octanol–water partition coefficient (Wildman–Crippen LogP) is 2.05. The van der Waals surface area contributed by atoms with E-state index in [9.17, 15) is 9.50 Å². The van der Waals surface area contributed by atoms with Crippen molar-refractivity contribution in [2.24, 2.45) is 0 Å². The van der Waals surface area contributed by atoms with Gasteiger partial charge in [-0.1, -0.05) is 6.07 Å². The van der Waals surface area contributed by atoms with Gasteiger partial charge < -0.3 is 9.84 Å². The van der Waals surface area contributed by atoms with E-state index in [1.807, 2.05) is 12.1 Å². The van der Waals surface area contributed by atoms with E-state index < -0.39 is 5.60 Å². The highest BCUT2D eigenvalue weighted by atomic mass is 19.1. The van der Waals surface area contributed by atoms with Crippen molar-refractivity contribution in [3.05, 3.63) is 41.8 Å². The lowest BCUT2D eigenvalue weighted by molar-refractivity contribution is -0.138. The molecule has 0 aliphatic carbocycles. The SMILES string of the molecule is CN1C2COCC1CC(O)(c1cc3cccnc3cc1F)C2. The third kappa shape index (κ3) is 2.12. The molecule has 116 valence electrons. The van der Waals surface area contributed by atoms with Gasteiger partial charge in [-0.2, -0.15) is 0 Å². The number of ether oxygens (including phenoxy) is 1. The molecule has 2 fully saturated rings. The molecule has 22 heavy (non-hydrogen) atoms. The van der Waals surface area contributed by atoms with Crippen LogP contribution in [0.15, 0.2) is 30.5 Å². The zero-order valence-corrected chi connectivity index (χ0v) is 12.5. The van der Waals surface area contributed by atoms with Crippen molar-refractivity contribution in [3.8, 4) is 0 Å². The van der Waals surface area contributed by atoms with E-state index in [0.29, 0.717) is 37.1 Å². The number of benzene rings is 1. The van der Waals surface area contributed by atoms with Crippen LogP contribution in [-0.4, -0.2) is 47.3 Å². The Balaban J connectivity index is 1.79. The first-order chi connectivity index (χ1) is 10.6. The van der Waals surface area contributed by atoms with Crippen LogP contribution in [0.2, 0.25) is 0 Å². The summed E-state index contributed by atoms with van der Waals surface area (Å²) >= 11 is 0. The molecule has 1 N–H and O–H groups in total. The van der Waals surface area contributed by atoms with E-state index in [0.717, 1.165) is 5.39 Å². The summed E-state index contributed by atoms with van der Waals surface area (Å²) < 4.78 is 20.2. The van der Waals surface area contributed by atoms with E-state index in [-0.39, 0.29) is 17.9 Å². The standard InChI is InChI=1S/C17H19FN2O2/c1-20-12-7-17(21,8-13(20)10-22-9-12)14-5-11-3-2-4-19-16(11)6-15(14)18/h2-6,12-13,21H,7-10H2,1H3. The van der Waals surface area contributed by atoms with Crippen LogP contribution in [0, 0.1) is 5.82 Å². The van der Waals surface area contributed by atoms with Gasteiger partial charge in [-0.3, -0.25) is 9.88 Å². The molecule has 2 saturated heterocycles. The molecule has 5 heteroatoms. The molecule has 2 unspecified atom stereocenters. The molecule has 4 nitrogen and oxygen atoms in total. The summed E-state index contributed by atoms with van der Waals surface area (Å²) in [6.45, 7) is 1.18. The molecule has 0 saturated carbocycles. The Bertz CT molecular complexity index is 707. The largest absolute Gasteiger partial charge is 0.385 e. The van der Waals surface area contributed by atoms with E-state index in [4.69, 9.17) is 4.74 Å². The number of aliphatic hydroxyl groups is 1. The highest BCUT2D eigenvalue weighted by molar-refractivity contribution is 5.79. The number of aromatic nitrogens is 1. The number of halogens is 1. The van der Waals surface area contributed by atoms with Crippen molar-refractivity contribution in [2.45, 2.75) is 30.5 Å². The quantitative estimate of drug-likeness (QED) is 0.876. The van der Waals surface area contributed by atoms with Crippen molar-refractivity contribution >= 4 is 10.9 Å². The molecule has 2 bridgehead atoms. The van der Waals surface area contributed by atoms with Gasteiger partial charge in [-0.25, -0.2) is 4.39 Å². The normalized spacial score (nSPS) is 32.3. The number of hydrogen-bond donors (Lipinski definition) is 1. The molecule has 1 aromatic heterocycles. The Labute approximate surface area is 128 Å². The lowest BCUT2D eigenvalue weighted by Gasteiger charge is -2.50.